The van der Waals surface area contributed by atoms with Gasteiger partial charge >= 0.3 is 5.97 Å². The van der Waals surface area contributed by atoms with Crippen molar-refractivity contribution >= 4 is 11.8 Å². The van der Waals surface area contributed by atoms with Crippen molar-refractivity contribution in [1.29, 1.82) is 0 Å². The molecule has 0 heterocycles. The lowest BCUT2D eigenvalue weighted by Crippen LogP contribution is -2.30. The average Bonchev–Trinajstić information content (AvgIpc) is 2.69. The molecule has 0 amide bonds. The number of fused-ring (bicyclic) bond motifs is 1. The Kier molecular flexibility index (Phi) is 3.11. The van der Waals surface area contributed by atoms with Crippen LogP contribution < -0.4 is 4.74 Å². The van der Waals surface area contributed by atoms with Gasteiger partial charge < -0.3 is 9.84 Å². The fourth-order valence-electron chi connectivity index (χ4n) is 1.91. The number of aliphatic carboxylic acids is 1. The number of carbonyl (C=O) groups is 2. The molecular weight excluding hydrogens is 232 g/mol. The molecule has 18 heavy (non-hydrogen) atoms. The number of ether oxygens (including phenoxy) is 1. The molecule has 0 atom stereocenters. The summed E-state index contributed by atoms with van der Waals surface area (Å²) in [6.07, 6.45) is 1.19. The van der Waals surface area contributed by atoms with E-state index in [0.717, 1.165) is 5.56 Å². The van der Waals surface area contributed by atoms with E-state index >= 15 is 0 Å². The lowest BCUT2D eigenvalue weighted by molar-refractivity contribution is -0.148. The Labute approximate surface area is 106 Å². The highest BCUT2D eigenvalue weighted by atomic mass is 16.5. The van der Waals surface area contributed by atoms with Gasteiger partial charge in [0, 0.05) is 17.5 Å². The van der Waals surface area contributed by atoms with Gasteiger partial charge in [0.25, 0.3) is 0 Å². The Balaban J connectivity index is 2.17. The van der Waals surface area contributed by atoms with E-state index in [9.17, 15) is 9.59 Å². The van der Waals surface area contributed by atoms with Gasteiger partial charge in [-0.05, 0) is 26.3 Å². The first-order valence-electron chi connectivity index (χ1n) is 5.93. The fourth-order valence-corrected chi connectivity index (χ4v) is 1.91. The molecule has 0 aromatic heterocycles. The van der Waals surface area contributed by atoms with Crippen molar-refractivity contribution in [1.82, 2.24) is 0 Å². The first-order valence-corrected chi connectivity index (χ1v) is 5.93. The molecule has 96 valence electrons. The molecule has 1 aromatic rings. The zero-order valence-electron chi connectivity index (χ0n) is 10.5. The van der Waals surface area contributed by atoms with Crippen LogP contribution in [-0.4, -0.2) is 23.5 Å². The Morgan fingerprint density at radius 3 is 2.78 bits per heavy atom. The SMILES string of the molecule is CC(C)(COc1cccc2c1CCC2=O)C(=O)O. The van der Waals surface area contributed by atoms with Gasteiger partial charge in [-0.1, -0.05) is 12.1 Å². The highest BCUT2D eigenvalue weighted by molar-refractivity contribution is 6.01. The monoisotopic (exact) mass is 248 g/mol. The minimum Gasteiger partial charge on any atom is -0.492 e. The van der Waals surface area contributed by atoms with Crippen molar-refractivity contribution in [2.24, 2.45) is 5.41 Å². The highest BCUT2D eigenvalue weighted by Crippen LogP contribution is 2.31. The Morgan fingerprint density at radius 1 is 1.39 bits per heavy atom. The second-order valence-corrected chi connectivity index (χ2v) is 5.18. The van der Waals surface area contributed by atoms with Gasteiger partial charge in [-0.2, -0.15) is 0 Å². The van der Waals surface area contributed by atoms with E-state index in [1.165, 1.54) is 0 Å². The highest BCUT2D eigenvalue weighted by Gasteiger charge is 2.29. The molecule has 0 bridgehead atoms. The number of rotatable bonds is 4. The molecule has 1 aliphatic rings. The second kappa shape index (κ2) is 4.44. The van der Waals surface area contributed by atoms with E-state index in [0.29, 0.717) is 24.2 Å². The summed E-state index contributed by atoms with van der Waals surface area (Å²) < 4.78 is 5.59. The first-order chi connectivity index (χ1) is 8.42. The van der Waals surface area contributed by atoms with Crippen molar-refractivity contribution in [3.63, 3.8) is 0 Å². The summed E-state index contributed by atoms with van der Waals surface area (Å²) in [6.45, 7) is 3.32. The third-order valence-corrected chi connectivity index (χ3v) is 3.20. The van der Waals surface area contributed by atoms with E-state index in [2.05, 4.69) is 0 Å². The number of carbonyl (C=O) groups excluding carboxylic acids is 1. The predicted molar refractivity (Wildman–Crippen MR) is 66.0 cm³/mol. The summed E-state index contributed by atoms with van der Waals surface area (Å²) in [4.78, 5) is 22.6. The summed E-state index contributed by atoms with van der Waals surface area (Å²) in [5.41, 5.74) is 0.676. The number of carboxylic acids is 1. The smallest absolute Gasteiger partial charge is 0.312 e. The molecule has 1 aliphatic carbocycles. The summed E-state index contributed by atoms with van der Waals surface area (Å²) in [5, 5.41) is 9.02. The molecule has 4 nitrogen and oxygen atoms in total. The van der Waals surface area contributed by atoms with Crippen LogP contribution in [0.25, 0.3) is 0 Å². The number of Topliss-reactive ketones (excluding diaryl/α,β-unsaturated/α-hetero) is 1. The van der Waals surface area contributed by atoms with E-state index in [-0.39, 0.29) is 12.4 Å². The largest absolute Gasteiger partial charge is 0.492 e. The minimum atomic E-state index is -0.939. The van der Waals surface area contributed by atoms with Crippen LogP contribution in [0, 0.1) is 5.41 Å². The summed E-state index contributed by atoms with van der Waals surface area (Å²) in [6, 6.07) is 5.35. The molecule has 1 N–H and O–H groups in total. The van der Waals surface area contributed by atoms with Crippen LogP contribution in [0.5, 0.6) is 5.75 Å². The van der Waals surface area contributed by atoms with Crippen LogP contribution in [-0.2, 0) is 11.2 Å². The van der Waals surface area contributed by atoms with E-state index in [4.69, 9.17) is 9.84 Å². The molecular formula is C14H16O4. The lowest BCUT2D eigenvalue weighted by Gasteiger charge is -2.20. The van der Waals surface area contributed by atoms with Gasteiger partial charge in [-0.3, -0.25) is 9.59 Å². The zero-order valence-corrected chi connectivity index (χ0v) is 10.5. The van der Waals surface area contributed by atoms with Crippen molar-refractivity contribution in [3.8, 4) is 5.75 Å². The van der Waals surface area contributed by atoms with E-state index in [1.807, 2.05) is 0 Å². The van der Waals surface area contributed by atoms with Crippen molar-refractivity contribution in [2.45, 2.75) is 26.7 Å². The maximum absolute atomic E-state index is 11.6. The van der Waals surface area contributed by atoms with E-state index in [1.54, 1.807) is 32.0 Å². The molecule has 2 rings (SSSR count). The molecule has 0 unspecified atom stereocenters. The van der Waals surface area contributed by atoms with Crippen LogP contribution in [0.1, 0.15) is 36.2 Å². The molecule has 0 saturated carbocycles. The molecule has 1 aromatic carbocycles. The fraction of sp³-hybridized carbons (Fsp3) is 0.429. The standard InChI is InChI=1S/C14H16O4/c1-14(2,13(16)17)8-18-12-5-3-4-9-10(12)6-7-11(9)15/h3-5H,6-8H2,1-2H3,(H,16,17). The van der Waals surface area contributed by atoms with E-state index < -0.39 is 11.4 Å². The van der Waals surface area contributed by atoms with Crippen LogP contribution in [0.2, 0.25) is 0 Å². The van der Waals surface area contributed by atoms with Gasteiger partial charge in [-0.15, -0.1) is 0 Å². The van der Waals surface area contributed by atoms with Gasteiger partial charge in [0.2, 0.25) is 0 Å². The second-order valence-electron chi connectivity index (χ2n) is 5.18. The molecule has 0 spiro atoms. The van der Waals surface area contributed by atoms with Crippen LogP contribution >= 0.6 is 0 Å². The Hall–Kier alpha value is -1.84. The lowest BCUT2D eigenvalue weighted by atomic mass is 9.95. The van der Waals surface area contributed by atoms with Crippen LogP contribution in [0.3, 0.4) is 0 Å². The zero-order chi connectivity index (χ0) is 13.3. The van der Waals surface area contributed by atoms with Gasteiger partial charge in [0.05, 0.1) is 5.41 Å². The average molecular weight is 248 g/mol. The maximum atomic E-state index is 11.6. The molecule has 0 aliphatic heterocycles. The third-order valence-electron chi connectivity index (χ3n) is 3.20. The normalized spacial score (nSPS) is 14.4. The number of ketones is 1. The molecule has 4 heteroatoms. The maximum Gasteiger partial charge on any atom is 0.312 e. The molecule has 0 radical (unpaired) electrons. The number of carboxylic acid groups (broad SMARTS) is 1. The Bertz CT molecular complexity index is 503. The first kappa shape index (κ1) is 12.6. The van der Waals surface area contributed by atoms with Crippen molar-refractivity contribution < 1.29 is 19.4 Å². The minimum absolute atomic E-state index is 0.0903. The topological polar surface area (TPSA) is 63.6 Å². The van der Waals surface area contributed by atoms with Gasteiger partial charge in [0.15, 0.2) is 5.78 Å². The van der Waals surface area contributed by atoms with Gasteiger partial charge in [-0.25, -0.2) is 0 Å². The Morgan fingerprint density at radius 2 is 2.11 bits per heavy atom. The van der Waals surface area contributed by atoms with Crippen LogP contribution in [0.4, 0.5) is 0 Å². The molecule has 0 saturated heterocycles. The molecule has 0 fully saturated rings. The predicted octanol–water partition coefficient (Wildman–Crippen LogP) is 2.31. The summed E-state index contributed by atoms with van der Waals surface area (Å²) in [5.74, 6) is -0.133. The van der Waals surface area contributed by atoms with Crippen molar-refractivity contribution in [2.75, 3.05) is 6.61 Å². The number of hydrogen-bond acceptors (Lipinski definition) is 3. The summed E-state index contributed by atoms with van der Waals surface area (Å²) >= 11 is 0. The number of benzene rings is 1. The van der Waals surface area contributed by atoms with Crippen LogP contribution in [0.15, 0.2) is 18.2 Å². The number of hydrogen-bond donors (Lipinski definition) is 1. The quantitative estimate of drug-likeness (QED) is 0.888. The summed E-state index contributed by atoms with van der Waals surface area (Å²) in [7, 11) is 0. The van der Waals surface area contributed by atoms with Crippen molar-refractivity contribution in [3.05, 3.63) is 29.3 Å². The third kappa shape index (κ3) is 2.23. The van der Waals surface area contributed by atoms with Gasteiger partial charge in [0.1, 0.15) is 12.4 Å².